The average molecular weight is 523 g/mol. The maximum atomic E-state index is 14.6. The van der Waals surface area contributed by atoms with Crippen molar-refractivity contribution in [1.29, 1.82) is 0 Å². The highest BCUT2D eigenvalue weighted by Gasteiger charge is 2.25. The van der Waals surface area contributed by atoms with Crippen LogP contribution in [-0.4, -0.2) is 16.6 Å². The van der Waals surface area contributed by atoms with Crippen molar-refractivity contribution >= 4 is 34.2 Å². The minimum absolute atomic E-state index is 0.0376. The molecule has 2 heterocycles. The minimum Gasteiger partial charge on any atom is -0.455 e. The van der Waals surface area contributed by atoms with Gasteiger partial charge in [-0.25, -0.2) is 14.2 Å². The van der Waals surface area contributed by atoms with Crippen LogP contribution in [0.25, 0.3) is 22.3 Å². The number of aryl methyl sites for hydroxylation is 1. The van der Waals surface area contributed by atoms with Gasteiger partial charge in [-0.3, -0.25) is 4.79 Å². The number of hydrogen-bond donors (Lipinski definition) is 1. The standard InChI is InChI=1S/C29H28ClFN2O4/c1-15-13-19(17(3)32-22-11-12-23(30)33-24(22)28(35)37-29(4,5)6)27-20(14-15)25(34)16(2)26(36-27)18-9-7-8-10-21(18)31/h7-14,17,32H,1-6H3. The van der Waals surface area contributed by atoms with E-state index in [1.165, 1.54) is 6.07 Å². The zero-order valence-electron chi connectivity index (χ0n) is 21.5. The summed E-state index contributed by atoms with van der Waals surface area (Å²) in [4.78, 5) is 30.4. The molecule has 0 fully saturated rings. The van der Waals surface area contributed by atoms with Crippen LogP contribution < -0.4 is 10.7 Å². The third-order valence-electron chi connectivity index (χ3n) is 5.80. The van der Waals surface area contributed by atoms with Crippen LogP contribution in [0.15, 0.2) is 57.7 Å². The smallest absolute Gasteiger partial charge is 0.359 e. The summed E-state index contributed by atoms with van der Waals surface area (Å²) in [7, 11) is 0. The fourth-order valence-corrected chi connectivity index (χ4v) is 4.28. The van der Waals surface area contributed by atoms with E-state index in [1.54, 1.807) is 64.1 Å². The molecule has 0 spiro atoms. The van der Waals surface area contributed by atoms with E-state index in [2.05, 4.69) is 10.3 Å². The van der Waals surface area contributed by atoms with Crippen LogP contribution in [0, 0.1) is 19.7 Å². The van der Waals surface area contributed by atoms with Crippen LogP contribution in [0.4, 0.5) is 10.1 Å². The molecule has 1 N–H and O–H groups in total. The SMILES string of the molecule is Cc1cc(C(C)Nc2ccc(Cl)nc2C(=O)OC(C)(C)C)c2oc(-c3ccccc3F)c(C)c(=O)c2c1. The van der Waals surface area contributed by atoms with Gasteiger partial charge in [0.05, 0.1) is 22.7 Å². The molecule has 1 unspecified atom stereocenters. The van der Waals surface area contributed by atoms with Gasteiger partial charge in [-0.2, -0.15) is 0 Å². The lowest BCUT2D eigenvalue weighted by atomic mass is 9.98. The summed E-state index contributed by atoms with van der Waals surface area (Å²) in [5.41, 5.74) is 1.86. The van der Waals surface area contributed by atoms with Gasteiger partial charge >= 0.3 is 5.97 Å². The van der Waals surface area contributed by atoms with Gasteiger partial charge in [0.15, 0.2) is 11.1 Å². The molecule has 2 aromatic heterocycles. The second kappa shape index (κ2) is 9.98. The molecular weight excluding hydrogens is 495 g/mol. The molecular formula is C29H28ClFN2O4. The molecule has 4 aromatic rings. The number of benzene rings is 2. The first-order valence-electron chi connectivity index (χ1n) is 11.8. The predicted molar refractivity (Wildman–Crippen MR) is 144 cm³/mol. The maximum Gasteiger partial charge on any atom is 0.359 e. The summed E-state index contributed by atoms with van der Waals surface area (Å²) in [6, 6.07) is 12.6. The Kier molecular flexibility index (Phi) is 7.11. The van der Waals surface area contributed by atoms with Crippen molar-refractivity contribution in [3.8, 4) is 11.3 Å². The number of pyridine rings is 1. The third kappa shape index (κ3) is 5.52. The van der Waals surface area contributed by atoms with E-state index in [4.69, 9.17) is 20.8 Å². The second-order valence-corrected chi connectivity index (χ2v) is 10.4. The highest BCUT2D eigenvalue weighted by Crippen LogP contribution is 2.33. The fraction of sp³-hybridized carbons (Fsp3) is 0.276. The summed E-state index contributed by atoms with van der Waals surface area (Å²) >= 11 is 6.08. The van der Waals surface area contributed by atoms with Crippen LogP contribution in [0.3, 0.4) is 0 Å². The predicted octanol–water partition coefficient (Wildman–Crippen LogP) is 7.39. The molecule has 0 saturated carbocycles. The normalized spacial score (nSPS) is 12.4. The fourth-order valence-electron chi connectivity index (χ4n) is 4.14. The Morgan fingerprint density at radius 2 is 1.84 bits per heavy atom. The van der Waals surface area contributed by atoms with Crippen LogP contribution in [0.2, 0.25) is 5.15 Å². The first-order valence-corrected chi connectivity index (χ1v) is 12.2. The van der Waals surface area contributed by atoms with Crippen molar-refractivity contribution in [3.63, 3.8) is 0 Å². The van der Waals surface area contributed by atoms with E-state index < -0.39 is 23.4 Å². The van der Waals surface area contributed by atoms with Crippen LogP contribution in [0.5, 0.6) is 0 Å². The number of hydrogen-bond acceptors (Lipinski definition) is 6. The number of nitrogens with one attached hydrogen (secondary N) is 1. The molecule has 0 aliphatic heterocycles. The first-order chi connectivity index (χ1) is 17.4. The number of fused-ring (bicyclic) bond motifs is 1. The van der Waals surface area contributed by atoms with E-state index in [9.17, 15) is 14.0 Å². The van der Waals surface area contributed by atoms with Crippen molar-refractivity contribution in [1.82, 2.24) is 4.98 Å². The molecule has 0 aliphatic carbocycles. The number of carbonyl (C=O) groups excluding carboxylic acids is 1. The van der Waals surface area contributed by atoms with E-state index >= 15 is 0 Å². The lowest BCUT2D eigenvalue weighted by Gasteiger charge is -2.22. The van der Waals surface area contributed by atoms with Crippen molar-refractivity contribution in [2.75, 3.05) is 5.32 Å². The topological polar surface area (TPSA) is 81.4 Å². The Morgan fingerprint density at radius 1 is 1.14 bits per heavy atom. The van der Waals surface area contributed by atoms with Gasteiger partial charge in [0.2, 0.25) is 0 Å². The Labute approximate surface area is 219 Å². The van der Waals surface area contributed by atoms with Crippen LogP contribution in [-0.2, 0) is 4.74 Å². The molecule has 1 atom stereocenters. The van der Waals surface area contributed by atoms with Crippen molar-refractivity contribution in [2.24, 2.45) is 0 Å². The number of anilines is 1. The highest BCUT2D eigenvalue weighted by atomic mass is 35.5. The van der Waals surface area contributed by atoms with Crippen molar-refractivity contribution in [2.45, 2.75) is 53.2 Å². The second-order valence-electron chi connectivity index (χ2n) is 9.99. The summed E-state index contributed by atoms with van der Waals surface area (Å²) < 4.78 is 26.4. The van der Waals surface area contributed by atoms with Gasteiger partial charge in [0.1, 0.15) is 27.9 Å². The summed E-state index contributed by atoms with van der Waals surface area (Å²) in [6.07, 6.45) is 0. The largest absolute Gasteiger partial charge is 0.455 e. The summed E-state index contributed by atoms with van der Waals surface area (Å²) in [5.74, 6) is -0.930. The van der Waals surface area contributed by atoms with Gasteiger partial charge < -0.3 is 14.5 Å². The zero-order chi connectivity index (χ0) is 27.1. The molecule has 6 nitrogen and oxygen atoms in total. The molecule has 192 valence electrons. The lowest BCUT2D eigenvalue weighted by Crippen LogP contribution is -2.25. The molecule has 2 aromatic carbocycles. The first kappa shape index (κ1) is 26.4. The summed E-state index contributed by atoms with van der Waals surface area (Å²) in [6.45, 7) is 10.7. The van der Waals surface area contributed by atoms with Crippen molar-refractivity contribution in [3.05, 3.63) is 92.1 Å². The Bertz CT molecular complexity index is 1570. The molecule has 37 heavy (non-hydrogen) atoms. The Morgan fingerprint density at radius 3 is 2.51 bits per heavy atom. The van der Waals surface area contributed by atoms with Gasteiger partial charge in [0, 0.05) is 11.1 Å². The van der Waals surface area contributed by atoms with Gasteiger partial charge in [-0.1, -0.05) is 29.8 Å². The molecule has 0 saturated heterocycles. The monoisotopic (exact) mass is 522 g/mol. The van der Waals surface area contributed by atoms with Gasteiger partial charge in [0.25, 0.3) is 0 Å². The quantitative estimate of drug-likeness (QED) is 0.217. The maximum absolute atomic E-state index is 14.6. The molecule has 4 rings (SSSR count). The number of aromatic nitrogens is 1. The van der Waals surface area contributed by atoms with E-state index in [1.807, 2.05) is 19.9 Å². The van der Waals surface area contributed by atoms with Gasteiger partial charge in [-0.15, -0.1) is 0 Å². The number of carbonyl (C=O) groups is 1. The lowest BCUT2D eigenvalue weighted by molar-refractivity contribution is 0.00640. The van der Waals surface area contributed by atoms with E-state index in [0.29, 0.717) is 27.8 Å². The average Bonchev–Trinajstić information content (AvgIpc) is 2.81. The zero-order valence-corrected chi connectivity index (χ0v) is 22.3. The van der Waals surface area contributed by atoms with Crippen LogP contribution >= 0.6 is 11.6 Å². The van der Waals surface area contributed by atoms with E-state index in [0.717, 1.165) is 5.56 Å². The summed E-state index contributed by atoms with van der Waals surface area (Å²) in [5, 5.41) is 3.83. The number of rotatable bonds is 5. The Balaban J connectivity index is 1.84. The number of esters is 1. The number of nitrogens with zero attached hydrogens (tertiary/aromatic N) is 1. The number of ether oxygens (including phenoxy) is 1. The third-order valence-corrected chi connectivity index (χ3v) is 6.01. The van der Waals surface area contributed by atoms with Gasteiger partial charge in [-0.05, 0) is 77.4 Å². The number of halogens is 2. The van der Waals surface area contributed by atoms with Crippen molar-refractivity contribution < 1.29 is 18.3 Å². The van der Waals surface area contributed by atoms with Crippen LogP contribution in [0.1, 0.15) is 60.9 Å². The highest BCUT2D eigenvalue weighted by molar-refractivity contribution is 6.29. The molecule has 0 aliphatic rings. The van der Waals surface area contributed by atoms with E-state index in [-0.39, 0.29) is 27.6 Å². The molecule has 8 heteroatoms. The molecule has 0 radical (unpaired) electrons. The molecule has 0 bridgehead atoms. The molecule has 0 amide bonds. The Hall–Kier alpha value is -3.71. The minimum atomic E-state index is -0.721.